The molecule has 2 aromatic carbocycles. The zero-order valence-corrected chi connectivity index (χ0v) is 20.3. The van der Waals surface area contributed by atoms with E-state index in [2.05, 4.69) is 15.0 Å². The van der Waals surface area contributed by atoms with Crippen molar-refractivity contribution in [3.05, 3.63) is 69.7 Å². The third-order valence-electron chi connectivity index (χ3n) is 5.00. The molecule has 0 aliphatic rings. The van der Waals surface area contributed by atoms with Gasteiger partial charge < -0.3 is 24.1 Å². The molecule has 1 heterocycles. The minimum Gasteiger partial charge on any atom is -0.755 e. The molecule has 0 aliphatic heterocycles. The molecule has 33 heavy (non-hydrogen) atoms. The fourth-order valence-electron chi connectivity index (χ4n) is 3.40. The molecule has 0 radical (unpaired) electrons. The lowest BCUT2D eigenvalue weighted by Gasteiger charge is -2.18. The molecule has 2 atom stereocenters. The van der Waals surface area contributed by atoms with Gasteiger partial charge in [0.2, 0.25) is 5.91 Å². The molecular formula is C23H26N3O5S2-. The van der Waals surface area contributed by atoms with Crippen LogP contribution in [0.1, 0.15) is 34.8 Å². The van der Waals surface area contributed by atoms with E-state index in [0.717, 1.165) is 28.2 Å². The van der Waals surface area contributed by atoms with E-state index >= 15 is 0 Å². The monoisotopic (exact) mass is 488 g/mol. The number of benzene rings is 2. The van der Waals surface area contributed by atoms with Crippen LogP contribution in [0.4, 0.5) is 5.69 Å². The summed E-state index contributed by atoms with van der Waals surface area (Å²) < 4.78 is 34.7. The minimum absolute atomic E-state index is 0.126. The van der Waals surface area contributed by atoms with Crippen molar-refractivity contribution in [2.24, 2.45) is 0 Å². The Balaban J connectivity index is 1.79. The number of amides is 1. The van der Waals surface area contributed by atoms with Gasteiger partial charge in [-0.25, -0.2) is 4.98 Å². The number of carbonyl (C=O) groups is 1. The number of carbonyl (C=O) groups excluding carboxylic acids is 1. The molecule has 3 rings (SSSR count). The highest BCUT2D eigenvalue weighted by atomic mass is 32.2. The number of para-hydroxylation sites is 1. The van der Waals surface area contributed by atoms with Gasteiger partial charge in [-0.15, -0.1) is 11.3 Å². The number of thiazole rings is 1. The Kier molecular flexibility index (Phi) is 8.81. The van der Waals surface area contributed by atoms with Crippen LogP contribution in [0.2, 0.25) is 0 Å². The molecule has 0 spiro atoms. The van der Waals surface area contributed by atoms with E-state index < -0.39 is 11.3 Å². The van der Waals surface area contributed by atoms with Gasteiger partial charge in [-0.05, 0) is 36.6 Å². The lowest BCUT2D eigenvalue weighted by molar-refractivity contribution is -0.121. The molecular weight excluding hydrogens is 462 g/mol. The van der Waals surface area contributed by atoms with Gasteiger partial charge in [0.1, 0.15) is 5.01 Å². The number of methoxy groups -OCH3 is 2. The molecule has 8 nitrogen and oxygen atoms in total. The van der Waals surface area contributed by atoms with Crippen molar-refractivity contribution in [3.8, 4) is 11.5 Å². The second-order valence-electron chi connectivity index (χ2n) is 7.22. The van der Waals surface area contributed by atoms with E-state index in [1.165, 1.54) is 11.3 Å². The Hall–Kier alpha value is -2.95. The topological polar surface area (TPSA) is 113 Å². The van der Waals surface area contributed by atoms with Crippen molar-refractivity contribution in [2.45, 2.75) is 32.2 Å². The SMILES string of the molecule is CCc1csc([C@H](Cc2ccc(NS(=O)[O-])cc2)NC(=O)Cc2cccc(OC)c2OC)n1. The maximum atomic E-state index is 13.0. The molecule has 1 amide bonds. The molecule has 10 heteroatoms. The highest BCUT2D eigenvalue weighted by molar-refractivity contribution is 7.80. The van der Waals surface area contributed by atoms with Gasteiger partial charge in [-0.1, -0.05) is 31.2 Å². The first-order chi connectivity index (χ1) is 15.9. The predicted octanol–water partition coefficient (Wildman–Crippen LogP) is 3.57. The summed E-state index contributed by atoms with van der Waals surface area (Å²) in [5.74, 6) is 0.937. The summed E-state index contributed by atoms with van der Waals surface area (Å²) in [5, 5.41) is 5.92. The van der Waals surface area contributed by atoms with E-state index in [1.807, 2.05) is 36.6 Å². The van der Waals surface area contributed by atoms with Crippen LogP contribution in [-0.2, 0) is 35.3 Å². The van der Waals surface area contributed by atoms with Crippen LogP contribution in [0.5, 0.6) is 11.5 Å². The van der Waals surface area contributed by atoms with E-state index in [-0.39, 0.29) is 18.4 Å². The van der Waals surface area contributed by atoms with Crippen LogP contribution >= 0.6 is 11.3 Å². The van der Waals surface area contributed by atoms with Gasteiger partial charge in [0.15, 0.2) is 11.5 Å². The van der Waals surface area contributed by atoms with E-state index in [4.69, 9.17) is 9.47 Å². The van der Waals surface area contributed by atoms with Crippen molar-refractivity contribution in [2.75, 3.05) is 18.9 Å². The van der Waals surface area contributed by atoms with Gasteiger partial charge in [-0.3, -0.25) is 9.00 Å². The Morgan fingerprint density at radius 2 is 1.94 bits per heavy atom. The van der Waals surface area contributed by atoms with Gasteiger partial charge in [0, 0.05) is 27.9 Å². The Labute approximate surface area is 199 Å². The highest BCUT2D eigenvalue weighted by Gasteiger charge is 2.21. The van der Waals surface area contributed by atoms with Gasteiger partial charge in [0.25, 0.3) is 0 Å². The number of hydrogen-bond acceptors (Lipinski definition) is 7. The molecule has 3 aromatic rings. The van der Waals surface area contributed by atoms with Gasteiger partial charge in [0.05, 0.1) is 32.4 Å². The predicted molar refractivity (Wildman–Crippen MR) is 128 cm³/mol. The van der Waals surface area contributed by atoms with Crippen molar-refractivity contribution in [1.82, 2.24) is 10.3 Å². The molecule has 176 valence electrons. The number of aryl methyl sites for hydroxylation is 1. The second kappa shape index (κ2) is 11.8. The van der Waals surface area contributed by atoms with Crippen molar-refractivity contribution >= 4 is 34.2 Å². The van der Waals surface area contributed by atoms with Gasteiger partial charge in [-0.2, -0.15) is 0 Å². The summed E-state index contributed by atoms with van der Waals surface area (Å²) in [6.45, 7) is 2.03. The first-order valence-electron chi connectivity index (χ1n) is 10.3. The molecule has 0 fully saturated rings. The zero-order valence-electron chi connectivity index (χ0n) is 18.6. The average molecular weight is 489 g/mol. The molecule has 1 aromatic heterocycles. The second-order valence-corrected chi connectivity index (χ2v) is 8.78. The lowest BCUT2D eigenvalue weighted by atomic mass is 10.0. The van der Waals surface area contributed by atoms with Crippen LogP contribution in [0, 0.1) is 0 Å². The number of hydrogen-bond donors (Lipinski definition) is 2. The number of nitrogens with one attached hydrogen (secondary N) is 2. The first-order valence-corrected chi connectivity index (χ1v) is 12.3. The summed E-state index contributed by atoms with van der Waals surface area (Å²) in [5.41, 5.74) is 3.11. The fourth-order valence-corrected chi connectivity index (χ4v) is 4.68. The maximum Gasteiger partial charge on any atom is 0.225 e. The summed E-state index contributed by atoms with van der Waals surface area (Å²) >= 11 is -0.869. The molecule has 0 saturated heterocycles. The maximum absolute atomic E-state index is 13.0. The molecule has 1 unspecified atom stereocenters. The Bertz CT molecular complexity index is 1100. The third kappa shape index (κ3) is 6.77. The molecule has 0 bridgehead atoms. The van der Waals surface area contributed by atoms with Crippen LogP contribution in [0.15, 0.2) is 47.8 Å². The van der Waals surface area contributed by atoms with Crippen LogP contribution in [0.25, 0.3) is 0 Å². The van der Waals surface area contributed by atoms with Crippen LogP contribution in [0.3, 0.4) is 0 Å². The van der Waals surface area contributed by atoms with E-state index in [1.54, 1.807) is 32.4 Å². The average Bonchev–Trinajstić information content (AvgIpc) is 3.28. The van der Waals surface area contributed by atoms with Crippen LogP contribution in [-0.4, -0.2) is 33.9 Å². The Morgan fingerprint density at radius 3 is 2.55 bits per heavy atom. The number of aromatic nitrogens is 1. The van der Waals surface area contributed by atoms with Gasteiger partial charge >= 0.3 is 0 Å². The summed E-state index contributed by atoms with van der Waals surface area (Å²) in [6.07, 6.45) is 1.45. The number of nitrogens with zero attached hydrogens (tertiary/aromatic N) is 1. The van der Waals surface area contributed by atoms with Crippen molar-refractivity contribution in [1.29, 1.82) is 0 Å². The van der Waals surface area contributed by atoms with Crippen molar-refractivity contribution < 1.29 is 23.0 Å². The summed E-state index contributed by atoms with van der Waals surface area (Å²) in [7, 11) is 3.10. The number of anilines is 1. The molecule has 0 saturated carbocycles. The number of ether oxygens (including phenoxy) is 2. The molecule has 2 N–H and O–H groups in total. The van der Waals surface area contributed by atoms with E-state index in [9.17, 15) is 13.6 Å². The third-order valence-corrected chi connectivity index (χ3v) is 6.41. The Morgan fingerprint density at radius 1 is 1.18 bits per heavy atom. The lowest BCUT2D eigenvalue weighted by Crippen LogP contribution is -2.31. The smallest absolute Gasteiger partial charge is 0.225 e. The summed E-state index contributed by atoms with van der Waals surface area (Å²) in [4.78, 5) is 17.7. The molecule has 0 aliphatic carbocycles. The standard InChI is InChI=1S/C23H27N3O5S2/c1-4-17-14-32-23(24-17)19(12-15-8-10-18(11-9-15)26-33(28)29)25-21(27)13-16-6-5-7-20(30-2)22(16)31-3/h5-11,14,19,26H,4,12-13H2,1-3H3,(H,25,27)(H,28,29)/p-1/t19-/m0/s1. The van der Waals surface area contributed by atoms with Crippen molar-refractivity contribution in [3.63, 3.8) is 0 Å². The fraction of sp³-hybridized carbons (Fsp3) is 0.304. The largest absolute Gasteiger partial charge is 0.755 e. The zero-order chi connectivity index (χ0) is 23.8. The summed E-state index contributed by atoms with van der Waals surface area (Å²) in [6, 6.07) is 12.1. The minimum atomic E-state index is -2.38. The highest BCUT2D eigenvalue weighted by Crippen LogP contribution is 2.31. The van der Waals surface area contributed by atoms with Crippen LogP contribution < -0.4 is 19.5 Å². The van der Waals surface area contributed by atoms with E-state index in [0.29, 0.717) is 23.6 Å². The quantitative estimate of drug-likeness (QED) is 0.399. The number of rotatable bonds is 11. The first kappa shape index (κ1) is 24.7. The normalized spacial score (nSPS) is 12.6.